The number of rotatable bonds is 6. The lowest BCUT2D eigenvalue weighted by molar-refractivity contribution is -0.384. The van der Waals surface area contributed by atoms with Crippen LogP contribution in [0.5, 0.6) is 0 Å². The van der Waals surface area contributed by atoms with Gasteiger partial charge >= 0.3 is 5.97 Å². The highest BCUT2D eigenvalue weighted by Crippen LogP contribution is 2.30. The van der Waals surface area contributed by atoms with E-state index in [4.69, 9.17) is 0 Å². The van der Waals surface area contributed by atoms with E-state index in [0.717, 1.165) is 43.4 Å². The molecule has 1 amide bonds. The summed E-state index contributed by atoms with van der Waals surface area (Å²) in [5, 5.41) is 13.9. The van der Waals surface area contributed by atoms with Crippen LogP contribution in [-0.2, 0) is 14.8 Å². The van der Waals surface area contributed by atoms with Gasteiger partial charge in [-0.3, -0.25) is 20.2 Å². The molecule has 1 aliphatic rings. The number of nitrogens with one attached hydrogen (secondary N) is 1. The number of nitrogens with zero attached hydrogens (tertiary/aromatic N) is 3. The molecule has 1 aromatic heterocycles. The van der Waals surface area contributed by atoms with Gasteiger partial charge in [0.05, 0.1) is 32.7 Å². The van der Waals surface area contributed by atoms with E-state index in [1.165, 1.54) is 22.5 Å². The minimum atomic E-state index is -3.60. The lowest BCUT2D eigenvalue weighted by Gasteiger charge is -2.15. The first-order chi connectivity index (χ1) is 15.7. The topological polar surface area (TPSA) is 149 Å². The van der Waals surface area contributed by atoms with Crippen molar-refractivity contribution < 1.29 is 27.7 Å². The fourth-order valence-corrected chi connectivity index (χ4v) is 5.97. The van der Waals surface area contributed by atoms with Crippen LogP contribution in [0.3, 0.4) is 0 Å². The largest absolute Gasteiger partial charge is 0.465 e. The molecule has 1 aliphatic heterocycles. The number of carbonyl (C=O) groups is 2. The molecule has 11 nitrogen and oxygen atoms in total. The Kier molecular flexibility index (Phi) is 6.10. The lowest BCUT2D eigenvalue weighted by atomic mass is 10.1. The molecule has 1 fully saturated rings. The zero-order valence-corrected chi connectivity index (χ0v) is 18.9. The van der Waals surface area contributed by atoms with Crippen LogP contribution in [0.1, 0.15) is 33.6 Å². The van der Waals surface area contributed by atoms with Crippen molar-refractivity contribution in [3.8, 4) is 0 Å². The number of aromatic nitrogens is 1. The van der Waals surface area contributed by atoms with Crippen molar-refractivity contribution >= 4 is 54.3 Å². The van der Waals surface area contributed by atoms with Gasteiger partial charge in [-0.2, -0.15) is 4.31 Å². The van der Waals surface area contributed by atoms with E-state index in [9.17, 15) is 28.1 Å². The number of fused-ring (bicyclic) bond motifs is 1. The van der Waals surface area contributed by atoms with E-state index in [0.29, 0.717) is 23.3 Å². The number of hydrogen-bond donors (Lipinski definition) is 1. The first-order valence-corrected chi connectivity index (χ1v) is 12.0. The van der Waals surface area contributed by atoms with E-state index >= 15 is 0 Å². The molecule has 0 bridgehead atoms. The van der Waals surface area contributed by atoms with Gasteiger partial charge in [0.25, 0.3) is 11.6 Å². The minimum Gasteiger partial charge on any atom is -0.465 e. The van der Waals surface area contributed by atoms with Crippen molar-refractivity contribution in [2.75, 3.05) is 25.5 Å². The molecule has 172 valence electrons. The summed E-state index contributed by atoms with van der Waals surface area (Å²) in [5.74, 6) is -1.53. The summed E-state index contributed by atoms with van der Waals surface area (Å²) >= 11 is 1.07. The quantitative estimate of drug-likeness (QED) is 0.315. The maximum Gasteiger partial charge on any atom is 0.338 e. The molecule has 1 N–H and O–H groups in total. The van der Waals surface area contributed by atoms with E-state index in [2.05, 4.69) is 15.0 Å². The zero-order valence-electron chi connectivity index (χ0n) is 17.3. The number of sulfonamides is 1. The van der Waals surface area contributed by atoms with Crippen LogP contribution in [0.4, 0.5) is 10.8 Å². The Morgan fingerprint density at radius 2 is 1.85 bits per heavy atom. The molecule has 0 unspecified atom stereocenters. The molecule has 0 saturated carbocycles. The van der Waals surface area contributed by atoms with Crippen LogP contribution in [-0.4, -0.2) is 54.7 Å². The summed E-state index contributed by atoms with van der Waals surface area (Å²) in [7, 11) is -2.47. The van der Waals surface area contributed by atoms with Crippen molar-refractivity contribution in [3.05, 3.63) is 57.6 Å². The van der Waals surface area contributed by atoms with Gasteiger partial charge in [-0.15, -0.1) is 0 Å². The molecule has 1 saturated heterocycles. The highest BCUT2D eigenvalue weighted by molar-refractivity contribution is 7.89. The normalized spacial score (nSPS) is 14.3. The summed E-state index contributed by atoms with van der Waals surface area (Å²) in [6, 6.07) is 7.79. The van der Waals surface area contributed by atoms with Gasteiger partial charge < -0.3 is 4.74 Å². The molecule has 0 aliphatic carbocycles. The second-order valence-electron chi connectivity index (χ2n) is 7.23. The van der Waals surface area contributed by atoms with Gasteiger partial charge in [0.1, 0.15) is 0 Å². The van der Waals surface area contributed by atoms with Crippen molar-refractivity contribution in [1.29, 1.82) is 0 Å². The summed E-state index contributed by atoms with van der Waals surface area (Å²) in [6.45, 7) is 0.974. The summed E-state index contributed by atoms with van der Waals surface area (Å²) in [5.41, 5.74) is -0.215. The number of esters is 1. The number of carbonyl (C=O) groups excluding carboxylic acids is 2. The molecule has 4 rings (SSSR count). The monoisotopic (exact) mass is 490 g/mol. The van der Waals surface area contributed by atoms with Crippen LogP contribution in [0.15, 0.2) is 41.3 Å². The van der Waals surface area contributed by atoms with E-state index < -0.39 is 32.5 Å². The number of nitro benzene ring substituents is 1. The van der Waals surface area contributed by atoms with Gasteiger partial charge in [0.15, 0.2) is 5.13 Å². The van der Waals surface area contributed by atoms with E-state index in [1.807, 2.05) is 0 Å². The smallest absolute Gasteiger partial charge is 0.338 e. The molecule has 0 atom stereocenters. The summed E-state index contributed by atoms with van der Waals surface area (Å²) in [4.78, 5) is 39.4. The molecule has 2 heterocycles. The SMILES string of the molecule is COC(=O)c1cc(C(=O)Nc2nc3ccc(S(=O)(=O)N4CCCC4)cc3s2)cc([N+](=O)[O-])c1. The average Bonchev–Trinajstić information content (AvgIpc) is 3.47. The highest BCUT2D eigenvalue weighted by atomic mass is 32.2. The molecule has 3 aromatic rings. The second-order valence-corrected chi connectivity index (χ2v) is 10.2. The maximum atomic E-state index is 12.8. The van der Waals surface area contributed by atoms with Gasteiger partial charge in [-0.05, 0) is 37.1 Å². The molecular weight excluding hydrogens is 472 g/mol. The van der Waals surface area contributed by atoms with Crippen LogP contribution >= 0.6 is 11.3 Å². The Bertz CT molecular complexity index is 1380. The van der Waals surface area contributed by atoms with Crippen molar-refractivity contribution in [2.24, 2.45) is 0 Å². The average molecular weight is 491 g/mol. The first kappa shape index (κ1) is 22.8. The molecule has 0 radical (unpaired) electrons. The number of ether oxygens (including phenoxy) is 1. The highest BCUT2D eigenvalue weighted by Gasteiger charge is 2.27. The molecule has 0 spiro atoms. The Morgan fingerprint density at radius 3 is 2.52 bits per heavy atom. The third-order valence-electron chi connectivity index (χ3n) is 5.10. The Morgan fingerprint density at radius 1 is 1.15 bits per heavy atom. The van der Waals surface area contributed by atoms with Gasteiger partial charge in [-0.25, -0.2) is 18.2 Å². The van der Waals surface area contributed by atoms with Crippen molar-refractivity contribution in [3.63, 3.8) is 0 Å². The fraction of sp³-hybridized carbons (Fsp3) is 0.250. The number of thiazole rings is 1. The fourth-order valence-electron chi connectivity index (χ4n) is 3.45. The number of amides is 1. The van der Waals surface area contributed by atoms with Crippen molar-refractivity contribution in [1.82, 2.24) is 9.29 Å². The lowest BCUT2D eigenvalue weighted by Crippen LogP contribution is -2.27. The number of methoxy groups -OCH3 is 1. The number of non-ortho nitro benzene ring substituents is 1. The van der Waals surface area contributed by atoms with Crippen LogP contribution < -0.4 is 5.32 Å². The zero-order chi connectivity index (χ0) is 23.8. The number of anilines is 1. The number of nitro groups is 1. The molecule has 33 heavy (non-hydrogen) atoms. The van der Waals surface area contributed by atoms with Gasteiger partial charge in [0.2, 0.25) is 10.0 Å². The van der Waals surface area contributed by atoms with Crippen LogP contribution in [0, 0.1) is 10.1 Å². The third-order valence-corrected chi connectivity index (χ3v) is 7.92. The van der Waals surface area contributed by atoms with Gasteiger partial charge in [0, 0.05) is 30.8 Å². The predicted octanol–water partition coefficient (Wildman–Crippen LogP) is 3.03. The van der Waals surface area contributed by atoms with Crippen LogP contribution in [0.25, 0.3) is 10.2 Å². The Balaban J connectivity index is 1.61. The summed E-state index contributed by atoms with van der Waals surface area (Å²) < 4.78 is 32.2. The number of hydrogen-bond acceptors (Lipinski definition) is 9. The van der Waals surface area contributed by atoms with E-state index in [-0.39, 0.29) is 21.2 Å². The Labute approximate surface area is 192 Å². The minimum absolute atomic E-state index is 0.124. The van der Waals surface area contributed by atoms with Crippen molar-refractivity contribution in [2.45, 2.75) is 17.7 Å². The molecule has 13 heteroatoms. The second kappa shape index (κ2) is 8.84. The maximum absolute atomic E-state index is 12.8. The van der Waals surface area contributed by atoms with E-state index in [1.54, 1.807) is 6.07 Å². The van der Waals surface area contributed by atoms with Gasteiger partial charge in [-0.1, -0.05) is 11.3 Å². The Hall–Kier alpha value is -3.42. The predicted molar refractivity (Wildman–Crippen MR) is 120 cm³/mol. The number of benzene rings is 2. The molecule has 2 aromatic carbocycles. The first-order valence-electron chi connectivity index (χ1n) is 9.79. The standard InChI is InChI=1S/C20H18N4O7S2/c1-31-19(26)13-8-12(9-14(10-13)24(27)28)18(25)22-20-21-16-5-4-15(11-17(16)32-20)33(29,30)23-6-2-3-7-23/h4-5,8-11H,2-3,6-7H2,1H3,(H,21,22,25). The third kappa shape index (κ3) is 4.55. The summed E-state index contributed by atoms with van der Waals surface area (Å²) in [6.07, 6.45) is 1.65. The molecular formula is C20H18N4O7S2. The van der Waals surface area contributed by atoms with Crippen LogP contribution in [0.2, 0.25) is 0 Å².